The molecular formula is C14H11NOS. The summed E-state index contributed by atoms with van der Waals surface area (Å²) in [5, 5.41) is 2.90. The van der Waals surface area contributed by atoms with E-state index in [-0.39, 0.29) is 11.8 Å². The molecule has 1 aliphatic rings. The number of para-hydroxylation sites is 1. The Morgan fingerprint density at radius 1 is 1.00 bits per heavy atom. The fraction of sp³-hybridized carbons (Fsp3) is 0.0714. The van der Waals surface area contributed by atoms with Gasteiger partial charge in [-0.15, -0.1) is 12.6 Å². The first-order valence-corrected chi connectivity index (χ1v) is 5.89. The molecule has 1 aliphatic heterocycles. The summed E-state index contributed by atoms with van der Waals surface area (Å²) in [7, 11) is 0. The lowest BCUT2D eigenvalue weighted by Gasteiger charge is -2.09. The smallest absolute Gasteiger partial charge is 0.236 e. The molecule has 1 unspecified atom stereocenters. The van der Waals surface area contributed by atoms with Gasteiger partial charge in [-0.1, -0.05) is 30.3 Å². The minimum Gasteiger partial charge on any atom is -0.325 e. The molecule has 0 radical (unpaired) electrons. The third kappa shape index (κ3) is 1.72. The quantitative estimate of drug-likeness (QED) is 0.738. The Hall–Kier alpha value is -1.74. The maximum absolute atomic E-state index is 12.0. The van der Waals surface area contributed by atoms with Gasteiger partial charge in [0.25, 0.3) is 0 Å². The van der Waals surface area contributed by atoms with Crippen molar-refractivity contribution in [2.75, 3.05) is 5.32 Å². The van der Waals surface area contributed by atoms with Crippen molar-refractivity contribution in [1.82, 2.24) is 0 Å². The van der Waals surface area contributed by atoms with Crippen molar-refractivity contribution in [3.63, 3.8) is 0 Å². The van der Waals surface area contributed by atoms with Crippen LogP contribution in [0.15, 0.2) is 53.4 Å². The van der Waals surface area contributed by atoms with Gasteiger partial charge in [-0.05, 0) is 29.3 Å². The molecule has 0 saturated heterocycles. The summed E-state index contributed by atoms with van der Waals surface area (Å²) < 4.78 is 0. The van der Waals surface area contributed by atoms with E-state index in [0.29, 0.717) is 0 Å². The molecule has 0 aromatic heterocycles. The van der Waals surface area contributed by atoms with E-state index in [1.807, 2.05) is 48.5 Å². The van der Waals surface area contributed by atoms with Crippen LogP contribution < -0.4 is 5.32 Å². The molecule has 0 spiro atoms. The molecule has 0 saturated carbocycles. The van der Waals surface area contributed by atoms with E-state index in [1.165, 1.54) is 0 Å². The van der Waals surface area contributed by atoms with Crippen LogP contribution in [0.1, 0.15) is 17.0 Å². The molecule has 84 valence electrons. The molecule has 3 rings (SSSR count). The molecule has 0 bridgehead atoms. The molecule has 0 fully saturated rings. The molecular weight excluding hydrogens is 230 g/mol. The van der Waals surface area contributed by atoms with Crippen molar-refractivity contribution in [3.05, 3.63) is 59.7 Å². The van der Waals surface area contributed by atoms with Crippen molar-refractivity contribution >= 4 is 24.2 Å². The van der Waals surface area contributed by atoms with Crippen molar-refractivity contribution in [3.8, 4) is 0 Å². The Bertz CT molecular complexity index is 577. The largest absolute Gasteiger partial charge is 0.325 e. The van der Waals surface area contributed by atoms with E-state index in [1.54, 1.807) is 0 Å². The third-order valence-electron chi connectivity index (χ3n) is 3.02. The highest BCUT2D eigenvalue weighted by molar-refractivity contribution is 7.80. The van der Waals surface area contributed by atoms with Gasteiger partial charge >= 0.3 is 0 Å². The second kappa shape index (κ2) is 3.93. The van der Waals surface area contributed by atoms with Gasteiger partial charge in [0.2, 0.25) is 5.91 Å². The molecule has 17 heavy (non-hydrogen) atoms. The highest BCUT2D eigenvalue weighted by atomic mass is 32.1. The number of hydrogen-bond donors (Lipinski definition) is 2. The van der Waals surface area contributed by atoms with Crippen LogP contribution in [0.2, 0.25) is 0 Å². The molecule has 2 nitrogen and oxygen atoms in total. The number of fused-ring (bicyclic) bond motifs is 1. The van der Waals surface area contributed by atoms with Crippen LogP contribution in [0.5, 0.6) is 0 Å². The van der Waals surface area contributed by atoms with Crippen LogP contribution in [-0.4, -0.2) is 5.91 Å². The maximum atomic E-state index is 12.0. The fourth-order valence-electron chi connectivity index (χ4n) is 2.21. The number of rotatable bonds is 1. The zero-order valence-corrected chi connectivity index (χ0v) is 9.95. The van der Waals surface area contributed by atoms with Gasteiger partial charge in [0.1, 0.15) is 0 Å². The molecule has 1 heterocycles. The zero-order chi connectivity index (χ0) is 11.8. The van der Waals surface area contributed by atoms with E-state index in [9.17, 15) is 4.79 Å². The number of carbonyl (C=O) groups is 1. The summed E-state index contributed by atoms with van der Waals surface area (Å²) in [6.07, 6.45) is 0. The number of carbonyl (C=O) groups excluding carboxylic acids is 1. The predicted molar refractivity (Wildman–Crippen MR) is 70.6 cm³/mol. The van der Waals surface area contributed by atoms with Crippen LogP contribution in [0.4, 0.5) is 5.69 Å². The Labute approximate surface area is 105 Å². The van der Waals surface area contributed by atoms with Gasteiger partial charge in [0.05, 0.1) is 5.92 Å². The number of nitrogens with one attached hydrogen (secondary N) is 1. The van der Waals surface area contributed by atoms with Gasteiger partial charge in [0, 0.05) is 10.6 Å². The number of amides is 1. The summed E-state index contributed by atoms with van der Waals surface area (Å²) in [6, 6.07) is 15.5. The minimum atomic E-state index is -0.194. The van der Waals surface area contributed by atoms with Crippen molar-refractivity contribution in [2.45, 2.75) is 10.8 Å². The Morgan fingerprint density at radius 3 is 2.47 bits per heavy atom. The van der Waals surface area contributed by atoms with Gasteiger partial charge in [-0.2, -0.15) is 0 Å². The van der Waals surface area contributed by atoms with E-state index in [4.69, 9.17) is 0 Å². The predicted octanol–water partition coefficient (Wildman–Crippen LogP) is 3.06. The third-order valence-corrected chi connectivity index (χ3v) is 3.32. The minimum absolute atomic E-state index is 0.0399. The summed E-state index contributed by atoms with van der Waals surface area (Å²) in [6.45, 7) is 0. The van der Waals surface area contributed by atoms with Crippen LogP contribution in [-0.2, 0) is 4.79 Å². The van der Waals surface area contributed by atoms with Gasteiger partial charge < -0.3 is 5.32 Å². The number of thiol groups is 1. The summed E-state index contributed by atoms with van der Waals surface area (Å²) >= 11 is 4.25. The maximum Gasteiger partial charge on any atom is 0.236 e. The highest BCUT2D eigenvalue weighted by Gasteiger charge is 2.31. The van der Waals surface area contributed by atoms with E-state index in [0.717, 1.165) is 21.7 Å². The Balaban J connectivity index is 2.09. The van der Waals surface area contributed by atoms with Gasteiger partial charge in [0.15, 0.2) is 0 Å². The molecule has 2 aromatic rings. The first-order valence-electron chi connectivity index (χ1n) is 5.44. The summed E-state index contributed by atoms with van der Waals surface area (Å²) in [4.78, 5) is 12.9. The summed E-state index contributed by atoms with van der Waals surface area (Å²) in [5.41, 5.74) is 2.96. The van der Waals surface area contributed by atoms with Crippen molar-refractivity contribution in [2.24, 2.45) is 0 Å². The van der Waals surface area contributed by atoms with E-state index < -0.39 is 0 Å². The van der Waals surface area contributed by atoms with Crippen LogP contribution in [0, 0.1) is 0 Å². The molecule has 1 N–H and O–H groups in total. The lowest BCUT2D eigenvalue weighted by atomic mass is 9.93. The monoisotopic (exact) mass is 241 g/mol. The lowest BCUT2D eigenvalue weighted by Crippen LogP contribution is -2.12. The topological polar surface area (TPSA) is 29.1 Å². The number of benzene rings is 2. The van der Waals surface area contributed by atoms with E-state index >= 15 is 0 Å². The van der Waals surface area contributed by atoms with Crippen LogP contribution in [0.25, 0.3) is 0 Å². The molecule has 2 aromatic carbocycles. The standard InChI is InChI=1S/C14H11NOS/c16-14-13(9-5-7-10(17)8-6-9)11-3-1-2-4-12(11)15-14/h1-8,13,17H,(H,15,16). The molecule has 1 atom stereocenters. The Kier molecular flexibility index (Phi) is 2.41. The second-order valence-corrected chi connectivity index (χ2v) is 4.62. The van der Waals surface area contributed by atoms with Gasteiger partial charge in [-0.25, -0.2) is 0 Å². The second-order valence-electron chi connectivity index (χ2n) is 4.10. The van der Waals surface area contributed by atoms with Crippen molar-refractivity contribution < 1.29 is 4.79 Å². The average Bonchev–Trinajstić information content (AvgIpc) is 2.66. The SMILES string of the molecule is O=C1Nc2ccccc2C1c1ccc(S)cc1. The van der Waals surface area contributed by atoms with Crippen LogP contribution in [0.3, 0.4) is 0 Å². The summed E-state index contributed by atoms with van der Waals surface area (Å²) in [5.74, 6) is -0.154. The molecule has 3 heteroatoms. The first kappa shape index (κ1) is 10.4. The lowest BCUT2D eigenvalue weighted by molar-refractivity contribution is -0.116. The average molecular weight is 241 g/mol. The van der Waals surface area contributed by atoms with E-state index in [2.05, 4.69) is 17.9 Å². The molecule has 1 amide bonds. The highest BCUT2D eigenvalue weighted by Crippen LogP contribution is 2.36. The van der Waals surface area contributed by atoms with Crippen molar-refractivity contribution in [1.29, 1.82) is 0 Å². The Morgan fingerprint density at radius 2 is 1.71 bits per heavy atom. The molecule has 0 aliphatic carbocycles. The number of anilines is 1. The zero-order valence-electron chi connectivity index (χ0n) is 9.05. The number of hydrogen-bond acceptors (Lipinski definition) is 2. The van der Waals surface area contributed by atoms with Gasteiger partial charge in [-0.3, -0.25) is 4.79 Å². The fourth-order valence-corrected chi connectivity index (χ4v) is 2.36. The first-order chi connectivity index (χ1) is 8.25. The normalized spacial score (nSPS) is 17.7. The van der Waals surface area contributed by atoms with Crippen LogP contribution >= 0.6 is 12.6 Å².